The Balaban J connectivity index is 2.34. The number of hydrogen-bond donors (Lipinski definition) is 2. The molecule has 0 aromatic carbocycles. The highest BCUT2D eigenvalue weighted by atomic mass is 35.5. The molecule has 1 atom stereocenters. The number of hydrogen-bond acceptors (Lipinski definition) is 5. The highest BCUT2D eigenvalue weighted by Gasteiger charge is 2.27. The minimum atomic E-state index is -3.75. The lowest BCUT2D eigenvalue weighted by Gasteiger charge is -2.19. The quantitative estimate of drug-likeness (QED) is 0.810. The van der Waals surface area contributed by atoms with Crippen molar-refractivity contribution in [3.8, 4) is 0 Å². The molecule has 7 nitrogen and oxygen atoms in total. The van der Waals surface area contributed by atoms with Crippen LogP contribution in [0, 0.1) is 19.8 Å². The zero-order valence-electron chi connectivity index (χ0n) is 12.8. The number of aromatic amines is 1. The number of nitrogens with one attached hydrogen (secondary N) is 2. The van der Waals surface area contributed by atoms with E-state index in [4.69, 9.17) is 11.6 Å². The highest BCUT2D eigenvalue weighted by molar-refractivity contribution is 7.89. The van der Waals surface area contributed by atoms with Gasteiger partial charge in [0.1, 0.15) is 15.9 Å². The molecule has 0 saturated carbocycles. The van der Waals surface area contributed by atoms with Crippen molar-refractivity contribution in [3.05, 3.63) is 34.6 Å². The van der Waals surface area contributed by atoms with E-state index in [1.165, 1.54) is 12.3 Å². The Labute approximate surface area is 134 Å². The molecule has 0 bridgehead atoms. The summed E-state index contributed by atoms with van der Waals surface area (Å²) in [6.07, 6.45) is 1.23. The fourth-order valence-corrected chi connectivity index (χ4v) is 3.38. The molecule has 2 N–H and O–H groups in total. The second-order valence-electron chi connectivity index (χ2n) is 5.40. The fraction of sp³-hybridized carbons (Fsp3) is 0.462. The summed E-state index contributed by atoms with van der Waals surface area (Å²) >= 11 is 5.84. The van der Waals surface area contributed by atoms with Gasteiger partial charge in [0.2, 0.25) is 10.0 Å². The number of aromatic nitrogens is 4. The van der Waals surface area contributed by atoms with E-state index in [-0.39, 0.29) is 16.0 Å². The maximum Gasteiger partial charge on any atom is 0.242 e. The van der Waals surface area contributed by atoms with Crippen molar-refractivity contribution in [2.24, 2.45) is 5.92 Å². The third-order valence-electron chi connectivity index (χ3n) is 3.14. The van der Waals surface area contributed by atoms with Gasteiger partial charge >= 0.3 is 0 Å². The molecular formula is C13H18ClN5O2S. The summed E-state index contributed by atoms with van der Waals surface area (Å²) in [4.78, 5) is 8.16. The van der Waals surface area contributed by atoms with E-state index in [0.717, 1.165) is 0 Å². The zero-order valence-corrected chi connectivity index (χ0v) is 14.3. The van der Waals surface area contributed by atoms with Gasteiger partial charge in [-0.1, -0.05) is 25.4 Å². The SMILES string of the molecule is Cc1nc([C@H](NS(=O)(=O)c2cnc(Cl)c(C)c2)C(C)C)n[nH]1. The Morgan fingerprint density at radius 3 is 2.50 bits per heavy atom. The zero-order chi connectivity index (χ0) is 16.5. The maximum atomic E-state index is 12.5. The highest BCUT2D eigenvalue weighted by Crippen LogP contribution is 2.23. The van der Waals surface area contributed by atoms with Crippen LogP contribution in [0.1, 0.15) is 37.1 Å². The molecule has 0 radical (unpaired) electrons. The molecule has 2 rings (SSSR count). The predicted molar refractivity (Wildman–Crippen MR) is 83.0 cm³/mol. The number of H-pyrrole nitrogens is 1. The van der Waals surface area contributed by atoms with Crippen LogP contribution in [0.2, 0.25) is 5.15 Å². The summed E-state index contributed by atoms with van der Waals surface area (Å²) in [6.45, 7) is 7.25. The van der Waals surface area contributed by atoms with Crippen molar-refractivity contribution in [2.45, 2.75) is 38.6 Å². The average molecular weight is 344 g/mol. The van der Waals surface area contributed by atoms with Crippen LogP contribution in [0.3, 0.4) is 0 Å². The van der Waals surface area contributed by atoms with Crippen molar-refractivity contribution >= 4 is 21.6 Å². The van der Waals surface area contributed by atoms with Crippen molar-refractivity contribution in [1.29, 1.82) is 0 Å². The van der Waals surface area contributed by atoms with Gasteiger partial charge in [0.15, 0.2) is 5.82 Å². The maximum absolute atomic E-state index is 12.5. The van der Waals surface area contributed by atoms with Crippen LogP contribution in [0.5, 0.6) is 0 Å². The third-order valence-corrected chi connectivity index (χ3v) is 4.94. The number of sulfonamides is 1. The second kappa shape index (κ2) is 6.31. The molecule has 2 aromatic heterocycles. The van der Waals surface area contributed by atoms with Gasteiger partial charge in [-0.25, -0.2) is 23.1 Å². The summed E-state index contributed by atoms with van der Waals surface area (Å²) in [5.41, 5.74) is 0.597. The number of rotatable bonds is 5. The summed E-state index contributed by atoms with van der Waals surface area (Å²) in [7, 11) is -3.75. The lowest BCUT2D eigenvalue weighted by molar-refractivity contribution is 0.445. The van der Waals surface area contributed by atoms with E-state index in [2.05, 4.69) is 24.9 Å². The van der Waals surface area contributed by atoms with E-state index in [1.54, 1.807) is 13.8 Å². The lowest BCUT2D eigenvalue weighted by Crippen LogP contribution is -2.32. The standard InChI is InChI=1S/C13H18ClN5O2S/c1-7(2)11(13-16-9(4)17-18-13)19-22(20,21)10-5-8(3)12(14)15-6-10/h5-7,11,19H,1-4H3,(H,16,17,18)/t11-/m1/s1. The van der Waals surface area contributed by atoms with Crippen LogP contribution in [0.25, 0.3) is 0 Å². The molecule has 0 saturated heterocycles. The molecule has 0 aliphatic carbocycles. The minimum absolute atomic E-state index is 0.0219. The van der Waals surface area contributed by atoms with Gasteiger partial charge in [-0.15, -0.1) is 0 Å². The molecule has 120 valence electrons. The molecule has 2 heterocycles. The summed E-state index contributed by atoms with van der Waals surface area (Å²) in [6, 6.07) is 0.948. The van der Waals surface area contributed by atoms with Gasteiger partial charge in [0.25, 0.3) is 0 Å². The van der Waals surface area contributed by atoms with Crippen molar-refractivity contribution < 1.29 is 8.42 Å². The van der Waals surface area contributed by atoms with E-state index in [9.17, 15) is 8.42 Å². The van der Waals surface area contributed by atoms with Gasteiger partial charge in [-0.05, 0) is 31.4 Å². The van der Waals surface area contributed by atoms with Gasteiger partial charge in [-0.2, -0.15) is 5.10 Å². The van der Waals surface area contributed by atoms with E-state index in [0.29, 0.717) is 17.2 Å². The van der Waals surface area contributed by atoms with Crippen molar-refractivity contribution in [1.82, 2.24) is 24.9 Å². The number of aryl methyl sites for hydroxylation is 2. The van der Waals surface area contributed by atoms with Crippen molar-refractivity contribution in [2.75, 3.05) is 0 Å². The van der Waals surface area contributed by atoms with Crippen LogP contribution in [-0.2, 0) is 10.0 Å². The predicted octanol–water partition coefficient (Wildman–Crippen LogP) is 2.15. The van der Waals surface area contributed by atoms with Crippen LogP contribution in [0.4, 0.5) is 0 Å². The molecule has 2 aromatic rings. The lowest BCUT2D eigenvalue weighted by atomic mass is 10.1. The molecule has 0 aliphatic rings. The second-order valence-corrected chi connectivity index (χ2v) is 7.47. The Kier molecular flexibility index (Phi) is 4.84. The number of nitrogens with zero attached hydrogens (tertiary/aromatic N) is 3. The molecule has 9 heteroatoms. The first-order chi connectivity index (χ1) is 10.2. The van der Waals surface area contributed by atoms with Crippen LogP contribution in [0.15, 0.2) is 17.2 Å². The molecule has 22 heavy (non-hydrogen) atoms. The first kappa shape index (κ1) is 16.9. The van der Waals surface area contributed by atoms with E-state index in [1.807, 2.05) is 13.8 Å². The van der Waals surface area contributed by atoms with Gasteiger partial charge in [0.05, 0.1) is 6.04 Å². The Morgan fingerprint density at radius 2 is 2.00 bits per heavy atom. The van der Waals surface area contributed by atoms with Crippen LogP contribution < -0.4 is 4.72 Å². The van der Waals surface area contributed by atoms with E-state index >= 15 is 0 Å². The molecule has 0 aliphatic heterocycles. The number of halogens is 1. The third kappa shape index (κ3) is 3.63. The van der Waals surface area contributed by atoms with Crippen LogP contribution >= 0.6 is 11.6 Å². The summed E-state index contributed by atoms with van der Waals surface area (Å²) in [5, 5.41) is 7.05. The van der Waals surface area contributed by atoms with Crippen LogP contribution in [-0.4, -0.2) is 28.6 Å². The molecule has 0 fully saturated rings. The van der Waals surface area contributed by atoms with Crippen molar-refractivity contribution in [3.63, 3.8) is 0 Å². The normalized spacial score (nSPS) is 13.5. The fourth-order valence-electron chi connectivity index (χ4n) is 1.90. The Hall–Kier alpha value is -1.51. The summed E-state index contributed by atoms with van der Waals surface area (Å²) in [5.74, 6) is 1.02. The topological polar surface area (TPSA) is 101 Å². The number of pyridine rings is 1. The molecule has 0 amide bonds. The van der Waals surface area contributed by atoms with E-state index < -0.39 is 16.1 Å². The first-order valence-corrected chi connectivity index (χ1v) is 8.60. The largest absolute Gasteiger partial charge is 0.263 e. The average Bonchev–Trinajstić information content (AvgIpc) is 2.85. The van der Waals surface area contributed by atoms with Gasteiger partial charge in [0, 0.05) is 6.20 Å². The Morgan fingerprint density at radius 1 is 1.32 bits per heavy atom. The van der Waals surface area contributed by atoms with Gasteiger partial charge < -0.3 is 0 Å². The monoisotopic (exact) mass is 343 g/mol. The molecule has 0 unspecified atom stereocenters. The molecule has 0 spiro atoms. The minimum Gasteiger partial charge on any atom is -0.263 e. The smallest absolute Gasteiger partial charge is 0.242 e. The summed E-state index contributed by atoms with van der Waals surface area (Å²) < 4.78 is 27.7. The first-order valence-electron chi connectivity index (χ1n) is 6.74. The Bertz CT molecular complexity index is 772. The molecular weight excluding hydrogens is 326 g/mol. The van der Waals surface area contributed by atoms with Gasteiger partial charge in [-0.3, -0.25) is 5.10 Å².